The van der Waals surface area contributed by atoms with Crippen molar-refractivity contribution in [3.8, 4) is 18.2 Å². The Kier molecular flexibility index (Phi) is 9.73. The van der Waals surface area contributed by atoms with E-state index in [1.54, 1.807) is 52.0 Å². The van der Waals surface area contributed by atoms with E-state index in [9.17, 15) is 19.5 Å². The summed E-state index contributed by atoms with van der Waals surface area (Å²) in [5, 5.41) is 15.6. The highest BCUT2D eigenvalue weighted by molar-refractivity contribution is 6.00. The minimum Gasteiger partial charge on any atom is -0.508 e. The lowest BCUT2D eigenvalue weighted by molar-refractivity contribution is -0.137. The van der Waals surface area contributed by atoms with Crippen LogP contribution in [-0.4, -0.2) is 39.6 Å². The van der Waals surface area contributed by atoms with E-state index in [2.05, 4.69) is 16.7 Å². The number of carbonyl (C=O) groups is 3. The zero-order chi connectivity index (χ0) is 27.9. The number of hydrogen-bond donors (Lipinski definition) is 3. The molecule has 8 nitrogen and oxygen atoms in total. The molecule has 2 rings (SSSR count). The molecule has 0 bridgehead atoms. The number of rotatable bonds is 8. The van der Waals surface area contributed by atoms with Gasteiger partial charge in [-0.25, -0.2) is 4.79 Å². The Labute approximate surface area is 219 Å². The Morgan fingerprint density at radius 1 is 1.11 bits per heavy atom. The molecule has 0 aromatic heterocycles. The predicted molar refractivity (Wildman–Crippen MR) is 144 cm³/mol. The van der Waals surface area contributed by atoms with Crippen LogP contribution in [0, 0.1) is 32.2 Å². The van der Waals surface area contributed by atoms with Gasteiger partial charge in [0.15, 0.2) is 0 Å². The van der Waals surface area contributed by atoms with Crippen molar-refractivity contribution in [1.82, 2.24) is 10.2 Å². The van der Waals surface area contributed by atoms with Gasteiger partial charge in [0, 0.05) is 11.7 Å². The number of hydrogen-bond acceptors (Lipinski definition) is 5. The lowest BCUT2D eigenvalue weighted by Gasteiger charge is -2.32. The SMILES string of the molecule is C#CN(C(=O)C(NC(=O)OC(C)(C)C)C(C)CC)C(C(=O)Nc1ccccc1C)c1ccc(O)c(C)c1. The van der Waals surface area contributed by atoms with Crippen LogP contribution in [0.5, 0.6) is 5.75 Å². The average molecular weight is 508 g/mol. The van der Waals surface area contributed by atoms with E-state index in [0.29, 0.717) is 23.2 Å². The molecular weight excluding hydrogens is 470 g/mol. The van der Waals surface area contributed by atoms with Gasteiger partial charge < -0.3 is 20.5 Å². The number of phenols is 1. The Bertz CT molecular complexity index is 1180. The van der Waals surface area contributed by atoms with Gasteiger partial charge in [-0.3, -0.25) is 14.5 Å². The number of terminal acetylenes is 1. The number of phenolic OH excluding ortho intramolecular Hbond substituents is 1. The summed E-state index contributed by atoms with van der Waals surface area (Å²) in [7, 11) is 0. The normalized spacial score (nSPS) is 13.5. The third kappa shape index (κ3) is 7.74. The lowest BCUT2D eigenvalue weighted by atomic mass is 9.95. The fourth-order valence-corrected chi connectivity index (χ4v) is 3.71. The van der Waals surface area contributed by atoms with Crippen molar-refractivity contribution in [3.05, 3.63) is 59.2 Å². The quantitative estimate of drug-likeness (QED) is 0.342. The zero-order valence-electron chi connectivity index (χ0n) is 22.6. The van der Waals surface area contributed by atoms with Crippen LogP contribution in [0.25, 0.3) is 0 Å². The first-order valence-corrected chi connectivity index (χ1v) is 12.2. The number of aromatic hydroxyl groups is 1. The number of carbonyl (C=O) groups excluding carboxylic acids is 3. The molecule has 37 heavy (non-hydrogen) atoms. The third-order valence-corrected chi connectivity index (χ3v) is 5.97. The number of nitrogens with zero attached hydrogens (tertiary/aromatic N) is 1. The van der Waals surface area contributed by atoms with Crippen LogP contribution in [0.2, 0.25) is 0 Å². The van der Waals surface area contributed by atoms with Gasteiger partial charge in [-0.05, 0) is 75.4 Å². The molecule has 0 aliphatic heterocycles. The number of alkyl carbamates (subject to hydrolysis) is 1. The number of ether oxygens (including phenoxy) is 1. The number of nitrogens with one attached hydrogen (secondary N) is 2. The monoisotopic (exact) mass is 507 g/mol. The summed E-state index contributed by atoms with van der Waals surface area (Å²) in [4.78, 5) is 41.1. The van der Waals surface area contributed by atoms with E-state index in [-0.39, 0.29) is 11.7 Å². The van der Waals surface area contributed by atoms with E-state index in [1.807, 2.05) is 32.9 Å². The number of para-hydroxylation sites is 1. The second kappa shape index (κ2) is 12.3. The lowest BCUT2D eigenvalue weighted by Crippen LogP contribution is -2.53. The van der Waals surface area contributed by atoms with Crippen molar-refractivity contribution < 1.29 is 24.2 Å². The summed E-state index contributed by atoms with van der Waals surface area (Å²) in [5.74, 6) is -1.42. The van der Waals surface area contributed by atoms with Crippen molar-refractivity contribution in [2.45, 2.75) is 72.6 Å². The molecule has 0 saturated heterocycles. The minimum atomic E-state index is -1.23. The van der Waals surface area contributed by atoms with Gasteiger partial charge in [-0.1, -0.05) is 51.0 Å². The number of aryl methyl sites for hydroxylation is 2. The maximum atomic E-state index is 13.9. The largest absolute Gasteiger partial charge is 0.508 e. The molecule has 2 aromatic rings. The van der Waals surface area contributed by atoms with Crippen LogP contribution >= 0.6 is 0 Å². The van der Waals surface area contributed by atoms with E-state index < -0.39 is 35.6 Å². The highest BCUT2D eigenvalue weighted by Crippen LogP contribution is 2.29. The highest BCUT2D eigenvalue weighted by atomic mass is 16.6. The van der Waals surface area contributed by atoms with Crippen LogP contribution in [0.1, 0.15) is 63.8 Å². The Morgan fingerprint density at radius 3 is 2.30 bits per heavy atom. The Balaban J connectivity index is 2.53. The molecular formula is C29H37N3O5. The minimum absolute atomic E-state index is 0.0458. The van der Waals surface area contributed by atoms with E-state index in [0.717, 1.165) is 10.5 Å². The molecule has 2 aromatic carbocycles. The van der Waals surface area contributed by atoms with E-state index in [1.165, 1.54) is 6.07 Å². The zero-order valence-corrected chi connectivity index (χ0v) is 22.6. The van der Waals surface area contributed by atoms with Crippen LogP contribution in [0.15, 0.2) is 42.5 Å². The van der Waals surface area contributed by atoms with Crippen molar-refractivity contribution in [2.24, 2.45) is 5.92 Å². The third-order valence-electron chi connectivity index (χ3n) is 5.97. The van der Waals surface area contributed by atoms with Gasteiger partial charge >= 0.3 is 6.09 Å². The van der Waals surface area contributed by atoms with Crippen molar-refractivity contribution in [3.63, 3.8) is 0 Å². The Morgan fingerprint density at radius 2 is 1.76 bits per heavy atom. The number of benzene rings is 2. The van der Waals surface area contributed by atoms with Crippen molar-refractivity contribution in [1.29, 1.82) is 0 Å². The van der Waals surface area contributed by atoms with Gasteiger partial charge in [0.25, 0.3) is 11.8 Å². The van der Waals surface area contributed by atoms with E-state index >= 15 is 0 Å². The molecule has 8 heteroatoms. The fourth-order valence-electron chi connectivity index (χ4n) is 3.71. The molecule has 0 aliphatic rings. The van der Waals surface area contributed by atoms with Gasteiger partial charge in [-0.2, -0.15) is 0 Å². The van der Waals surface area contributed by atoms with Crippen molar-refractivity contribution in [2.75, 3.05) is 5.32 Å². The molecule has 3 unspecified atom stereocenters. The van der Waals surface area contributed by atoms with Gasteiger partial charge in [0.2, 0.25) is 0 Å². The molecule has 0 spiro atoms. The predicted octanol–water partition coefficient (Wildman–Crippen LogP) is 5.05. The maximum Gasteiger partial charge on any atom is 0.408 e. The topological polar surface area (TPSA) is 108 Å². The average Bonchev–Trinajstić information content (AvgIpc) is 2.82. The first-order chi connectivity index (χ1) is 17.3. The van der Waals surface area contributed by atoms with Crippen molar-refractivity contribution >= 4 is 23.6 Å². The van der Waals surface area contributed by atoms with Gasteiger partial charge in [0.05, 0.1) is 0 Å². The molecule has 198 valence electrons. The number of amides is 3. The number of anilines is 1. The first kappa shape index (κ1) is 29.2. The summed E-state index contributed by atoms with van der Waals surface area (Å²) in [6.45, 7) is 12.4. The smallest absolute Gasteiger partial charge is 0.408 e. The summed E-state index contributed by atoms with van der Waals surface area (Å²) in [6, 6.07) is 11.9. The first-order valence-electron chi connectivity index (χ1n) is 12.2. The molecule has 0 heterocycles. The molecule has 3 amide bonds. The second-order valence-corrected chi connectivity index (χ2v) is 10.1. The Hall–Kier alpha value is -3.99. The molecule has 3 atom stereocenters. The molecule has 0 saturated carbocycles. The summed E-state index contributed by atoms with van der Waals surface area (Å²) in [6.07, 6.45) is 5.63. The standard InChI is InChI=1S/C29H37N3O5/c1-9-18(3)24(31-28(36)37-29(6,7)8)27(35)32(10-2)25(21-15-16-23(33)20(5)17-21)26(34)30-22-14-12-11-13-19(22)4/h2,11-18,24-25,33H,9H2,1,3-8H3,(H,30,34)(H,31,36). The van der Waals surface area contributed by atoms with Gasteiger partial charge in [-0.15, -0.1) is 0 Å². The van der Waals surface area contributed by atoms with Crippen LogP contribution in [0.4, 0.5) is 10.5 Å². The highest BCUT2D eigenvalue weighted by Gasteiger charge is 2.38. The van der Waals surface area contributed by atoms with Crippen LogP contribution < -0.4 is 10.6 Å². The fraction of sp³-hybridized carbons (Fsp3) is 0.414. The van der Waals surface area contributed by atoms with Crippen LogP contribution in [0.3, 0.4) is 0 Å². The summed E-state index contributed by atoms with van der Waals surface area (Å²) in [5.41, 5.74) is 1.56. The van der Waals surface area contributed by atoms with Gasteiger partial charge in [0.1, 0.15) is 23.4 Å². The molecule has 0 radical (unpaired) electrons. The molecule has 0 aliphatic carbocycles. The molecule has 0 fully saturated rings. The van der Waals surface area contributed by atoms with Crippen LogP contribution in [-0.2, 0) is 14.3 Å². The molecule has 3 N–H and O–H groups in total. The maximum absolute atomic E-state index is 13.9. The summed E-state index contributed by atoms with van der Waals surface area (Å²) >= 11 is 0. The second-order valence-electron chi connectivity index (χ2n) is 10.1. The van der Waals surface area contributed by atoms with E-state index in [4.69, 9.17) is 11.2 Å². The summed E-state index contributed by atoms with van der Waals surface area (Å²) < 4.78 is 5.36.